The third-order valence-electron chi connectivity index (χ3n) is 7.63. The van der Waals surface area contributed by atoms with E-state index in [4.69, 9.17) is 21.1 Å². The Morgan fingerprint density at radius 3 is 2.71 bits per heavy atom. The minimum atomic E-state index is -0.661. The zero-order chi connectivity index (χ0) is 26.5. The summed E-state index contributed by atoms with van der Waals surface area (Å²) in [6, 6.07) is 13.9. The van der Waals surface area contributed by atoms with Crippen LogP contribution in [0.1, 0.15) is 38.5 Å². The number of halogens is 2. The number of piperidine rings is 1. The van der Waals surface area contributed by atoms with E-state index < -0.39 is 24.1 Å². The molecule has 2 aromatic carbocycles. The van der Waals surface area contributed by atoms with Crippen molar-refractivity contribution in [2.75, 3.05) is 19.6 Å². The van der Waals surface area contributed by atoms with Gasteiger partial charge in [-0.05, 0) is 81.3 Å². The summed E-state index contributed by atoms with van der Waals surface area (Å²) >= 11 is 6.00. The number of para-hydroxylation sites is 1. The van der Waals surface area contributed by atoms with Crippen LogP contribution in [0.2, 0.25) is 5.02 Å². The maximum atomic E-state index is 13.7. The van der Waals surface area contributed by atoms with E-state index in [0.717, 1.165) is 56.1 Å². The van der Waals surface area contributed by atoms with Gasteiger partial charge in [0, 0.05) is 30.7 Å². The number of nitrogens with one attached hydrogen (secondary N) is 1. The first-order valence-electron chi connectivity index (χ1n) is 13.3. The Bertz CT molecular complexity index is 1250. The van der Waals surface area contributed by atoms with Gasteiger partial charge in [-0.1, -0.05) is 29.8 Å². The molecule has 7 nitrogen and oxygen atoms in total. The lowest BCUT2D eigenvalue weighted by atomic mass is 9.84. The minimum Gasteiger partial charge on any atom is -0.486 e. The van der Waals surface area contributed by atoms with E-state index in [9.17, 15) is 14.3 Å². The molecular formula is C29H33ClFN3O4. The van der Waals surface area contributed by atoms with Gasteiger partial charge in [-0.3, -0.25) is 4.98 Å². The maximum absolute atomic E-state index is 13.7. The van der Waals surface area contributed by atoms with Gasteiger partial charge < -0.3 is 24.8 Å². The molecule has 5 rings (SSSR count). The zero-order valence-electron chi connectivity index (χ0n) is 21.2. The van der Waals surface area contributed by atoms with Crippen LogP contribution in [0.25, 0.3) is 10.9 Å². The number of rotatable bonds is 7. The molecule has 9 heteroatoms. The summed E-state index contributed by atoms with van der Waals surface area (Å²) in [6.45, 7) is 2.23. The van der Waals surface area contributed by atoms with E-state index in [1.807, 2.05) is 24.3 Å². The normalized spacial score (nSPS) is 24.2. The van der Waals surface area contributed by atoms with Crippen LogP contribution in [-0.2, 0) is 0 Å². The Hall–Kier alpha value is -2.94. The van der Waals surface area contributed by atoms with Gasteiger partial charge >= 0.3 is 6.09 Å². The molecule has 0 spiro atoms. The van der Waals surface area contributed by atoms with Crippen LogP contribution in [0.15, 0.2) is 54.7 Å². The second kappa shape index (κ2) is 12.3. The van der Waals surface area contributed by atoms with Crippen LogP contribution in [0.4, 0.5) is 9.18 Å². The summed E-state index contributed by atoms with van der Waals surface area (Å²) in [6.07, 6.45) is 5.78. The van der Waals surface area contributed by atoms with Crippen molar-refractivity contribution in [1.29, 1.82) is 0 Å². The lowest BCUT2D eigenvalue weighted by Gasteiger charge is -2.37. The van der Waals surface area contributed by atoms with Crippen molar-refractivity contribution in [1.82, 2.24) is 15.2 Å². The van der Waals surface area contributed by atoms with Crippen LogP contribution in [-0.4, -0.2) is 59.0 Å². The number of likely N-dealkylation sites (tertiary alicyclic amines) is 1. The number of aliphatic hydroxyl groups excluding tert-OH is 1. The Kier molecular flexibility index (Phi) is 8.61. The molecule has 1 aliphatic heterocycles. The fraction of sp³-hybridized carbons (Fsp3) is 0.448. The van der Waals surface area contributed by atoms with E-state index >= 15 is 0 Å². The topological polar surface area (TPSA) is 83.9 Å². The number of amides is 1. The van der Waals surface area contributed by atoms with Crippen molar-refractivity contribution >= 4 is 28.6 Å². The van der Waals surface area contributed by atoms with Crippen LogP contribution < -0.4 is 14.8 Å². The van der Waals surface area contributed by atoms with Crippen molar-refractivity contribution in [2.45, 2.75) is 56.8 Å². The molecule has 202 valence electrons. The third kappa shape index (κ3) is 6.54. The van der Waals surface area contributed by atoms with Gasteiger partial charge in [0.1, 0.15) is 34.5 Å². The first-order valence-corrected chi connectivity index (χ1v) is 13.7. The Morgan fingerprint density at radius 1 is 1.08 bits per heavy atom. The number of hydrogen-bond donors (Lipinski definition) is 2. The van der Waals surface area contributed by atoms with Crippen LogP contribution in [0, 0.1) is 11.7 Å². The number of β-amino-alcohol motifs (C(OH)–C–C–N with tert-alkyl or cyclic N) is 1. The molecular weight excluding hydrogens is 509 g/mol. The van der Waals surface area contributed by atoms with Crippen molar-refractivity contribution in [2.24, 2.45) is 5.92 Å². The van der Waals surface area contributed by atoms with E-state index in [0.29, 0.717) is 24.6 Å². The summed E-state index contributed by atoms with van der Waals surface area (Å²) in [5.41, 5.74) is 0.790. The molecule has 1 saturated heterocycles. The molecule has 2 fully saturated rings. The molecule has 2 heterocycles. The molecule has 1 saturated carbocycles. The predicted octanol–water partition coefficient (Wildman–Crippen LogP) is 5.58. The Balaban J connectivity index is 1.02. The Labute approximate surface area is 226 Å². The smallest absolute Gasteiger partial charge is 0.412 e. The maximum Gasteiger partial charge on any atom is 0.412 e. The molecule has 38 heavy (non-hydrogen) atoms. The highest BCUT2D eigenvalue weighted by atomic mass is 35.5. The number of ether oxygens (including phenoxy) is 2. The summed E-state index contributed by atoms with van der Waals surface area (Å²) in [5.74, 6) is 0.843. The molecule has 1 amide bonds. The van der Waals surface area contributed by atoms with Crippen molar-refractivity contribution in [3.8, 4) is 11.5 Å². The van der Waals surface area contributed by atoms with Gasteiger partial charge in [-0.25, -0.2) is 9.18 Å². The molecule has 1 aromatic heterocycles. The van der Waals surface area contributed by atoms with E-state index in [2.05, 4.69) is 15.2 Å². The van der Waals surface area contributed by atoms with E-state index in [1.165, 1.54) is 6.07 Å². The number of carbonyl (C=O) groups is 1. The number of pyridine rings is 1. The highest BCUT2D eigenvalue weighted by molar-refractivity contribution is 6.32. The number of nitrogens with zero attached hydrogens (tertiary/aromatic N) is 2. The number of benzene rings is 2. The summed E-state index contributed by atoms with van der Waals surface area (Å²) in [5, 5.41) is 14.4. The van der Waals surface area contributed by atoms with Crippen LogP contribution >= 0.6 is 11.6 Å². The molecule has 2 atom stereocenters. The number of carbonyl (C=O) groups excluding carboxylic acids is 1. The molecule has 2 aliphatic rings. The number of aromatic nitrogens is 1. The van der Waals surface area contributed by atoms with Crippen LogP contribution in [0.3, 0.4) is 0 Å². The number of aliphatic hydroxyl groups is 1. The quantitative estimate of drug-likeness (QED) is 0.406. The van der Waals surface area contributed by atoms with Gasteiger partial charge in [-0.2, -0.15) is 0 Å². The molecule has 0 radical (unpaired) electrons. The van der Waals surface area contributed by atoms with Gasteiger partial charge in [-0.15, -0.1) is 0 Å². The van der Waals surface area contributed by atoms with Crippen LogP contribution in [0.5, 0.6) is 11.5 Å². The zero-order valence-corrected chi connectivity index (χ0v) is 21.9. The first kappa shape index (κ1) is 26.7. The Morgan fingerprint density at radius 2 is 1.89 bits per heavy atom. The summed E-state index contributed by atoms with van der Waals surface area (Å²) in [7, 11) is 0. The van der Waals surface area contributed by atoms with Crippen molar-refractivity contribution < 1.29 is 23.8 Å². The molecule has 0 unspecified atom stereocenters. The second-order valence-corrected chi connectivity index (χ2v) is 10.6. The average molecular weight is 542 g/mol. The van der Waals surface area contributed by atoms with E-state index in [1.54, 1.807) is 24.4 Å². The first-order chi connectivity index (χ1) is 18.5. The lowest BCUT2D eigenvalue weighted by molar-refractivity contribution is -0.0267. The van der Waals surface area contributed by atoms with Gasteiger partial charge in [0.15, 0.2) is 0 Å². The SMILES string of the molecule is O=C(NC1CCC(CCN2CC[C@H](Oc3cccc(F)c3Cl)[C@@H](O)C2)CC1)Oc1ccnc2ccccc12. The lowest BCUT2D eigenvalue weighted by Crippen LogP contribution is -2.49. The summed E-state index contributed by atoms with van der Waals surface area (Å²) in [4.78, 5) is 19.1. The minimum absolute atomic E-state index is 0.0497. The number of hydrogen-bond acceptors (Lipinski definition) is 6. The molecule has 3 aromatic rings. The largest absolute Gasteiger partial charge is 0.486 e. The van der Waals surface area contributed by atoms with Gasteiger partial charge in [0.05, 0.1) is 5.52 Å². The van der Waals surface area contributed by atoms with Crippen molar-refractivity contribution in [3.63, 3.8) is 0 Å². The molecule has 0 bridgehead atoms. The fourth-order valence-electron chi connectivity index (χ4n) is 5.47. The average Bonchev–Trinajstić information content (AvgIpc) is 2.92. The van der Waals surface area contributed by atoms with Crippen molar-refractivity contribution in [3.05, 3.63) is 65.6 Å². The third-order valence-corrected chi connectivity index (χ3v) is 8.00. The van der Waals surface area contributed by atoms with Gasteiger partial charge in [0.2, 0.25) is 0 Å². The highest BCUT2D eigenvalue weighted by Gasteiger charge is 2.31. The predicted molar refractivity (Wildman–Crippen MR) is 144 cm³/mol. The van der Waals surface area contributed by atoms with Gasteiger partial charge in [0.25, 0.3) is 0 Å². The van der Waals surface area contributed by atoms with E-state index in [-0.39, 0.29) is 16.8 Å². The number of fused-ring (bicyclic) bond motifs is 1. The summed E-state index contributed by atoms with van der Waals surface area (Å²) < 4.78 is 25.1. The molecule has 1 aliphatic carbocycles. The highest BCUT2D eigenvalue weighted by Crippen LogP contribution is 2.31. The fourth-order valence-corrected chi connectivity index (χ4v) is 5.64. The monoisotopic (exact) mass is 541 g/mol. The second-order valence-electron chi connectivity index (χ2n) is 10.2. The standard InChI is InChI=1S/C29H33ClFN3O4/c30-28-22(31)5-3-7-27(28)37-26-14-17-34(18-24(26)35)16-13-19-8-10-20(11-9-19)33-29(36)38-25-12-15-32-23-6-2-1-4-21(23)25/h1-7,12,15,19-20,24,26,35H,8-11,13-14,16-18H2,(H,33,36)/t19?,20?,24-,26-/m0/s1. The molecule has 2 N–H and O–H groups in total.